The van der Waals surface area contributed by atoms with Crippen molar-refractivity contribution in [2.75, 3.05) is 18.6 Å². The van der Waals surface area contributed by atoms with Crippen LogP contribution in [0.2, 0.25) is 0 Å². The van der Waals surface area contributed by atoms with Crippen LogP contribution in [0.1, 0.15) is 30.5 Å². The smallest absolute Gasteiger partial charge is 0.417 e. The van der Waals surface area contributed by atoms with E-state index in [9.17, 15) is 14.4 Å². The lowest BCUT2D eigenvalue weighted by atomic mass is 9.80. The van der Waals surface area contributed by atoms with Gasteiger partial charge in [-0.3, -0.25) is 9.59 Å². The van der Waals surface area contributed by atoms with Gasteiger partial charge in [-0.2, -0.15) is 0 Å². The van der Waals surface area contributed by atoms with Gasteiger partial charge in [-0.05, 0) is 24.1 Å². The average Bonchev–Trinajstić information content (AvgIpc) is 3.16. The molecule has 0 spiro atoms. The van der Waals surface area contributed by atoms with Crippen LogP contribution in [-0.2, 0) is 19.7 Å². The van der Waals surface area contributed by atoms with E-state index in [0.717, 1.165) is 21.7 Å². The van der Waals surface area contributed by atoms with Crippen LogP contribution < -0.4 is 4.90 Å². The first kappa shape index (κ1) is 17.3. The molecule has 138 valence electrons. The summed E-state index contributed by atoms with van der Waals surface area (Å²) in [5, 5.41) is 0. The third-order valence-corrected chi connectivity index (χ3v) is 5.47. The number of hydrogen-bond donors (Lipinski definition) is 0. The largest absolute Gasteiger partial charge is 0.446 e. The number of benzene rings is 2. The second-order valence-electron chi connectivity index (χ2n) is 7.16. The molecule has 1 fully saturated rings. The van der Waals surface area contributed by atoms with Gasteiger partial charge >= 0.3 is 6.09 Å². The SMILES string of the molecule is CN1C(=O)[C@](C)(CC(=O)N2C(=O)OC[C@@H]2c2ccccc2)c2ccccc21. The molecule has 2 aliphatic heterocycles. The van der Waals surface area contributed by atoms with E-state index in [-0.39, 0.29) is 18.9 Å². The summed E-state index contributed by atoms with van der Waals surface area (Å²) in [4.78, 5) is 41.0. The van der Waals surface area contributed by atoms with E-state index < -0.39 is 23.5 Å². The Bertz CT molecular complexity index is 927. The summed E-state index contributed by atoms with van der Waals surface area (Å²) in [7, 11) is 1.70. The molecule has 2 aliphatic rings. The predicted molar refractivity (Wildman–Crippen MR) is 99.2 cm³/mol. The molecule has 2 aromatic rings. The van der Waals surface area contributed by atoms with E-state index in [1.165, 1.54) is 0 Å². The Morgan fingerprint density at radius 2 is 1.78 bits per heavy atom. The van der Waals surface area contributed by atoms with Crippen molar-refractivity contribution in [1.29, 1.82) is 0 Å². The number of carbonyl (C=O) groups is 3. The fourth-order valence-corrected chi connectivity index (χ4v) is 4.00. The molecule has 0 radical (unpaired) electrons. The lowest BCUT2D eigenvalue weighted by Crippen LogP contribution is -2.43. The minimum absolute atomic E-state index is 0.0916. The summed E-state index contributed by atoms with van der Waals surface area (Å²) in [5.41, 5.74) is 1.42. The lowest BCUT2D eigenvalue weighted by Gasteiger charge is -2.26. The van der Waals surface area contributed by atoms with Crippen molar-refractivity contribution in [2.24, 2.45) is 0 Å². The molecule has 6 heteroatoms. The summed E-state index contributed by atoms with van der Waals surface area (Å²) in [6, 6.07) is 16.3. The standard InChI is InChI=1S/C21H20N2O4/c1-21(15-10-6-7-11-16(15)22(2)19(21)25)12-18(24)23-17(13-27-20(23)26)14-8-4-3-5-9-14/h3-11,17H,12-13H2,1-2H3/t17-,21-/m1/s1. The minimum Gasteiger partial charge on any atom is -0.446 e. The van der Waals surface area contributed by atoms with Gasteiger partial charge in [-0.15, -0.1) is 0 Å². The summed E-state index contributed by atoms with van der Waals surface area (Å²) in [6.07, 6.45) is -0.754. The van der Waals surface area contributed by atoms with E-state index in [1.54, 1.807) is 18.9 Å². The van der Waals surface area contributed by atoms with Gasteiger partial charge in [0.1, 0.15) is 12.6 Å². The Morgan fingerprint density at radius 3 is 2.52 bits per heavy atom. The minimum atomic E-state index is -1.01. The molecule has 0 saturated carbocycles. The van der Waals surface area contributed by atoms with Crippen LogP contribution in [0.5, 0.6) is 0 Å². The number of likely N-dealkylation sites (N-methyl/N-ethyl adjacent to an activating group) is 1. The molecule has 2 atom stereocenters. The van der Waals surface area contributed by atoms with E-state index in [0.29, 0.717) is 0 Å². The van der Waals surface area contributed by atoms with Gasteiger partial charge in [0, 0.05) is 19.2 Å². The maximum atomic E-state index is 13.1. The molecule has 2 aromatic carbocycles. The molecule has 4 rings (SSSR count). The molecule has 0 N–H and O–H groups in total. The predicted octanol–water partition coefficient (Wildman–Crippen LogP) is 3.03. The second kappa shape index (κ2) is 6.23. The monoisotopic (exact) mass is 364 g/mol. The van der Waals surface area contributed by atoms with E-state index >= 15 is 0 Å². The third kappa shape index (κ3) is 2.60. The van der Waals surface area contributed by atoms with Gasteiger partial charge in [0.25, 0.3) is 0 Å². The maximum Gasteiger partial charge on any atom is 0.417 e. The van der Waals surface area contributed by atoms with Crippen molar-refractivity contribution in [3.05, 3.63) is 65.7 Å². The van der Waals surface area contributed by atoms with Crippen molar-refractivity contribution in [2.45, 2.75) is 24.8 Å². The first-order chi connectivity index (χ1) is 12.9. The Balaban J connectivity index is 1.65. The van der Waals surface area contributed by atoms with Gasteiger partial charge in [0.2, 0.25) is 11.8 Å². The maximum absolute atomic E-state index is 13.1. The van der Waals surface area contributed by atoms with Crippen LogP contribution in [-0.4, -0.2) is 36.5 Å². The third-order valence-electron chi connectivity index (χ3n) is 5.47. The molecule has 0 aliphatic carbocycles. The highest BCUT2D eigenvalue weighted by atomic mass is 16.6. The molecule has 0 unspecified atom stereocenters. The zero-order valence-electron chi connectivity index (χ0n) is 15.2. The van der Waals surface area contributed by atoms with Gasteiger partial charge in [-0.1, -0.05) is 48.5 Å². The fraction of sp³-hybridized carbons (Fsp3) is 0.286. The number of imide groups is 1. The topological polar surface area (TPSA) is 66.9 Å². The number of nitrogens with zero attached hydrogens (tertiary/aromatic N) is 2. The highest BCUT2D eigenvalue weighted by molar-refractivity contribution is 6.10. The number of anilines is 1. The number of hydrogen-bond acceptors (Lipinski definition) is 4. The van der Waals surface area contributed by atoms with Crippen LogP contribution in [0.3, 0.4) is 0 Å². The summed E-state index contributed by atoms with van der Waals surface area (Å²) in [5.74, 6) is -0.562. The van der Waals surface area contributed by atoms with E-state index in [2.05, 4.69) is 0 Å². The van der Waals surface area contributed by atoms with Crippen LogP contribution in [0, 0.1) is 0 Å². The number of amides is 3. The Kier molecular flexibility index (Phi) is 3.98. The van der Waals surface area contributed by atoms with Crippen molar-refractivity contribution in [3.63, 3.8) is 0 Å². The zero-order valence-corrected chi connectivity index (χ0v) is 15.2. The summed E-state index contributed by atoms with van der Waals surface area (Å²) < 4.78 is 5.14. The van der Waals surface area contributed by atoms with Gasteiger partial charge < -0.3 is 9.64 Å². The second-order valence-corrected chi connectivity index (χ2v) is 7.16. The zero-order chi connectivity index (χ0) is 19.2. The van der Waals surface area contributed by atoms with E-state index in [4.69, 9.17) is 4.74 Å². The number of para-hydroxylation sites is 1. The molecular weight excluding hydrogens is 344 g/mol. The molecule has 0 bridgehead atoms. The molecule has 0 aromatic heterocycles. The fourth-order valence-electron chi connectivity index (χ4n) is 4.00. The molecule has 2 heterocycles. The quantitative estimate of drug-likeness (QED) is 0.840. The van der Waals surface area contributed by atoms with Crippen LogP contribution in [0.15, 0.2) is 54.6 Å². The number of fused-ring (bicyclic) bond motifs is 1. The normalized spacial score (nSPS) is 24.1. The Labute approximate surface area is 157 Å². The van der Waals surface area contributed by atoms with Crippen molar-refractivity contribution in [1.82, 2.24) is 4.90 Å². The lowest BCUT2D eigenvalue weighted by molar-refractivity contribution is -0.134. The summed E-state index contributed by atoms with van der Waals surface area (Å²) in [6.45, 7) is 1.88. The van der Waals surface area contributed by atoms with Crippen molar-refractivity contribution < 1.29 is 19.1 Å². The molecule has 27 heavy (non-hydrogen) atoms. The molecular formula is C21H20N2O4. The number of ether oxygens (including phenoxy) is 1. The van der Waals surface area contributed by atoms with Gasteiger partial charge in [0.15, 0.2) is 0 Å². The van der Waals surface area contributed by atoms with E-state index in [1.807, 2.05) is 54.6 Å². The first-order valence-electron chi connectivity index (χ1n) is 8.85. The van der Waals surface area contributed by atoms with Crippen LogP contribution >= 0.6 is 0 Å². The first-order valence-corrected chi connectivity index (χ1v) is 8.85. The summed E-state index contributed by atoms with van der Waals surface area (Å²) >= 11 is 0. The molecule has 3 amide bonds. The number of rotatable bonds is 3. The average molecular weight is 364 g/mol. The molecule has 6 nitrogen and oxygen atoms in total. The highest BCUT2D eigenvalue weighted by Crippen LogP contribution is 2.44. The number of carbonyl (C=O) groups excluding carboxylic acids is 3. The van der Waals surface area contributed by atoms with Gasteiger partial charge in [-0.25, -0.2) is 9.69 Å². The highest BCUT2D eigenvalue weighted by Gasteiger charge is 2.50. The van der Waals surface area contributed by atoms with Crippen LogP contribution in [0.4, 0.5) is 10.5 Å². The van der Waals surface area contributed by atoms with Crippen LogP contribution in [0.25, 0.3) is 0 Å². The Hall–Kier alpha value is -3.15. The van der Waals surface area contributed by atoms with Crippen molar-refractivity contribution >= 4 is 23.6 Å². The van der Waals surface area contributed by atoms with Crippen molar-refractivity contribution in [3.8, 4) is 0 Å². The Morgan fingerprint density at radius 1 is 1.11 bits per heavy atom. The molecule has 1 saturated heterocycles. The van der Waals surface area contributed by atoms with Gasteiger partial charge in [0.05, 0.1) is 5.41 Å². The number of cyclic esters (lactones) is 1.